The Morgan fingerprint density at radius 1 is 1.26 bits per heavy atom. The molecule has 5 nitrogen and oxygen atoms in total. The van der Waals surface area contributed by atoms with E-state index in [0.717, 1.165) is 5.56 Å². The number of aliphatic hydroxyl groups excluding tert-OH is 1. The minimum Gasteiger partial charge on any atom is -0.493 e. The highest BCUT2D eigenvalue weighted by Crippen LogP contribution is 2.36. The molecule has 0 radical (unpaired) electrons. The van der Waals surface area contributed by atoms with Gasteiger partial charge in [0.15, 0.2) is 11.6 Å². The first-order valence-electron chi connectivity index (χ1n) is 8.95. The molecule has 2 N–H and O–H groups in total. The van der Waals surface area contributed by atoms with Crippen molar-refractivity contribution in [1.29, 1.82) is 0 Å². The Bertz CT molecular complexity index is 798. The van der Waals surface area contributed by atoms with Gasteiger partial charge >= 0.3 is 5.97 Å². The molecule has 3 rings (SSSR count). The van der Waals surface area contributed by atoms with Crippen LogP contribution < -0.4 is 4.74 Å². The second kappa shape index (κ2) is 8.06. The fraction of sp³-hybridized carbons (Fsp3) is 0.381. The SMILES string of the molecule is COc1c(F)cccc1CN1CC[C@H](O)[C@@](Cc2ccccc2)(C(=O)O)C1. The number of para-hydroxylation sites is 1. The predicted molar refractivity (Wildman–Crippen MR) is 99.1 cm³/mol. The van der Waals surface area contributed by atoms with Crippen LogP contribution in [-0.4, -0.2) is 47.4 Å². The van der Waals surface area contributed by atoms with Crippen molar-refractivity contribution in [3.05, 3.63) is 65.5 Å². The lowest BCUT2D eigenvalue weighted by Crippen LogP contribution is -2.56. The summed E-state index contributed by atoms with van der Waals surface area (Å²) in [5.41, 5.74) is 0.220. The van der Waals surface area contributed by atoms with Gasteiger partial charge in [0, 0.05) is 25.2 Å². The van der Waals surface area contributed by atoms with Crippen LogP contribution in [0, 0.1) is 11.2 Å². The molecule has 0 spiro atoms. The second-order valence-corrected chi connectivity index (χ2v) is 7.07. The molecule has 2 aromatic carbocycles. The molecule has 0 unspecified atom stereocenters. The Morgan fingerprint density at radius 3 is 2.67 bits per heavy atom. The summed E-state index contributed by atoms with van der Waals surface area (Å²) >= 11 is 0. The highest BCUT2D eigenvalue weighted by Gasteiger charge is 2.49. The van der Waals surface area contributed by atoms with Gasteiger partial charge in [-0.25, -0.2) is 4.39 Å². The fourth-order valence-electron chi connectivity index (χ4n) is 3.87. The number of ether oxygens (including phenoxy) is 1. The van der Waals surface area contributed by atoms with Crippen LogP contribution in [0.1, 0.15) is 17.5 Å². The Hall–Kier alpha value is -2.44. The lowest BCUT2D eigenvalue weighted by molar-refractivity contribution is -0.163. The Morgan fingerprint density at radius 2 is 2.00 bits per heavy atom. The van der Waals surface area contributed by atoms with Gasteiger partial charge in [0.25, 0.3) is 0 Å². The summed E-state index contributed by atoms with van der Waals surface area (Å²) in [6.45, 7) is 1.07. The standard InChI is InChI=1S/C21H24FNO4/c1-27-19-16(8-5-9-17(19)22)13-23-11-10-18(24)21(14-23,20(25)26)12-15-6-3-2-4-7-15/h2-9,18,24H,10-14H2,1H3,(H,25,26)/t18-,21-/m0/s1. The van der Waals surface area contributed by atoms with Gasteiger partial charge in [-0.1, -0.05) is 42.5 Å². The summed E-state index contributed by atoms with van der Waals surface area (Å²) < 4.78 is 19.1. The van der Waals surface area contributed by atoms with E-state index in [1.165, 1.54) is 13.2 Å². The molecular weight excluding hydrogens is 349 g/mol. The van der Waals surface area contributed by atoms with Crippen molar-refractivity contribution in [2.75, 3.05) is 20.2 Å². The van der Waals surface area contributed by atoms with Gasteiger partial charge in [0.1, 0.15) is 5.41 Å². The lowest BCUT2D eigenvalue weighted by Gasteiger charge is -2.43. The zero-order chi connectivity index (χ0) is 19.4. The number of benzene rings is 2. The molecule has 1 aliphatic heterocycles. The van der Waals surface area contributed by atoms with E-state index in [0.29, 0.717) is 25.1 Å². The number of piperidine rings is 1. The molecule has 0 saturated carbocycles. The van der Waals surface area contributed by atoms with Crippen molar-refractivity contribution in [3.8, 4) is 5.75 Å². The van der Waals surface area contributed by atoms with Gasteiger partial charge in [0.05, 0.1) is 13.2 Å². The lowest BCUT2D eigenvalue weighted by atomic mass is 9.72. The van der Waals surface area contributed by atoms with Gasteiger partial charge < -0.3 is 14.9 Å². The number of aliphatic hydroxyl groups is 1. The molecular formula is C21H24FNO4. The monoisotopic (exact) mass is 373 g/mol. The number of hydrogen-bond donors (Lipinski definition) is 2. The molecule has 1 heterocycles. The van der Waals surface area contributed by atoms with Crippen molar-refractivity contribution in [2.45, 2.75) is 25.5 Å². The van der Waals surface area contributed by atoms with E-state index in [1.807, 2.05) is 35.2 Å². The van der Waals surface area contributed by atoms with Crippen molar-refractivity contribution in [3.63, 3.8) is 0 Å². The smallest absolute Gasteiger partial charge is 0.313 e. The van der Waals surface area contributed by atoms with Crippen molar-refractivity contribution in [1.82, 2.24) is 4.90 Å². The molecule has 0 amide bonds. The third-order valence-electron chi connectivity index (χ3n) is 5.30. The normalized spacial score (nSPS) is 23.1. The van der Waals surface area contributed by atoms with Crippen LogP contribution in [0.2, 0.25) is 0 Å². The third-order valence-corrected chi connectivity index (χ3v) is 5.30. The second-order valence-electron chi connectivity index (χ2n) is 7.07. The van der Waals surface area contributed by atoms with Crippen LogP contribution in [0.4, 0.5) is 4.39 Å². The average molecular weight is 373 g/mol. The number of methoxy groups -OCH3 is 1. The van der Waals surface area contributed by atoms with E-state index < -0.39 is 23.3 Å². The van der Waals surface area contributed by atoms with Gasteiger partial charge in [0.2, 0.25) is 0 Å². The molecule has 6 heteroatoms. The Kier molecular flexibility index (Phi) is 5.77. The number of aliphatic carboxylic acids is 1. The summed E-state index contributed by atoms with van der Waals surface area (Å²) in [6.07, 6.45) is -0.362. The molecule has 1 fully saturated rings. The van der Waals surface area contributed by atoms with Crippen LogP contribution in [0.3, 0.4) is 0 Å². The average Bonchev–Trinajstić information content (AvgIpc) is 2.65. The van der Waals surface area contributed by atoms with E-state index in [-0.39, 0.29) is 18.7 Å². The van der Waals surface area contributed by atoms with E-state index >= 15 is 0 Å². The number of nitrogens with zero attached hydrogens (tertiary/aromatic N) is 1. The molecule has 0 bridgehead atoms. The van der Waals surface area contributed by atoms with E-state index in [4.69, 9.17) is 4.74 Å². The topological polar surface area (TPSA) is 70.0 Å². The highest BCUT2D eigenvalue weighted by molar-refractivity contribution is 5.76. The summed E-state index contributed by atoms with van der Waals surface area (Å²) in [6, 6.07) is 14.0. The number of halogens is 1. The predicted octanol–water partition coefficient (Wildman–Crippen LogP) is 2.71. The largest absolute Gasteiger partial charge is 0.493 e. The summed E-state index contributed by atoms with van der Waals surface area (Å²) in [5.74, 6) is -1.29. The first-order valence-corrected chi connectivity index (χ1v) is 8.95. The molecule has 144 valence electrons. The van der Waals surface area contributed by atoms with Crippen molar-refractivity contribution in [2.24, 2.45) is 5.41 Å². The maximum absolute atomic E-state index is 14.0. The fourth-order valence-corrected chi connectivity index (χ4v) is 3.87. The summed E-state index contributed by atoms with van der Waals surface area (Å²) in [4.78, 5) is 14.1. The Balaban J connectivity index is 1.86. The van der Waals surface area contributed by atoms with E-state index in [2.05, 4.69) is 0 Å². The van der Waals surface area contributed by atoms with Gasteiger partial charge in [-0.15, -0.1) is 0 Å². The zero-order valence-electron chi connectivity index (χ0n) is 15.3. The minimum atomic E-state index is -1.31. The Labute approximate surface area is 158 Å². The number of likely N-dealkylation sites (tertiary alicyclic amines) is 1. The van der Waals surface area contributed by atoms with E-state index in [9.17, 15) is 19.4 Å². The molecule has 27 heavy (non-hydrogen) atoms. The number of rotatable bonds is 6. The highest BCUT2D eigenvalue weighted by atomic mass is 19.1. The molecule has 1 aliphatic rings. The minimum absolute atomic E-state index is 0.174. The van der Waals surface area contributed by atoms with Crippen LogP contribution in [0.15, 0.2) is 48.5 Å². The third kappa shape index (κ3) is 3.96. The van der Waals surface area contributed by atoms with Crippen molar-refractivity contribution >= 4 is 5.97 Å². The molecule has 2 atom stereocenters. The molecule has 0 aromatic heterocycles. The van der Waals surface area contributed by atoms with Crippen LogP contribution in [0.5, 0.6) is 5.75 Å². The van der Waals surface area contributed by atoms with E-state index in [1.54, 1.807) is 12.1 Å². The zero-order valence-corrected chi connectivity index (χ0v) is 15.3. The maximum atomic E-state index is 14.0. The summed E-state index contributed by atoms with van der Waals surface area (Å²) in [7, 11) is 1.42. The van der Waals surface area contributed by atoms with Gasteiger partial charge in [-0.3, -0.25) is 9.69 Å². The molecule has 0 aliphatic carbocycles. The number of hydrogen-bond acceptors (Lipinski definition) is 4. The molecule has 2 aromatic rings. The van der Waals surface area contributed by atoms with Gasteiger partial charge in [-0.2, -0.15) is 0 Å². The number of carbonyl (C=O) groups is 1. The number of carboxylic acid groups (broad SMARTS) is 1. The first kappa shape index (κ1) is 19.3. The van der Waals surface area contributed by atoms with Crippen LogP contribution in [-0.2, 0) is 17.8 Å². The van der Waals surface area contributed by atoms with Gasteiger partial charge in [-0.05, 0) is 24.5 Å². The van der Waals surface area contributed by atoms with Crippen LogP contribution >= 0.6 is 0 Å². The molecule has 1 saturated heterocycles. The van der Waals surface area contributed by atoms with Crippen LogP contribution in [0.25, 0.3) is 0 Å². The maximum Gasteiger partial charge on any atom is 0.313 e. The first-order chi connectivity index (χ1) is 13.0. The van der Waals surface area contributed by atoms with Crippen molar-refractivity contribution < 1.29 is 24.1 Å². The quantitative estimate of drug-likeness (QED) is 0.815. The summed E-state index contributed by atoms with van der Waals surface area (Å²) in [5, 5.41) is 20.6. The number of carboxylic acids is 1.